The Morgan fingerprint density at radius 2 is 2.08 bits per heavy atom. The van der Waals surface area contributed by atoms with Crippen molar-refractivity contribution in [1.29, 1.82) is 0 Å². The minimum atomic E-state index is -1.37. The van der Waals surface area contributed by atoms with Gasteiger partial charge < -0.3 is 42.5 Å². The van der Waals surface area contributed by atoms with Crippen LogP contribution in [0.3, 0.4) is 0 Å². The van der Waals surface area contributed by atoms with Gasteiger partial charge in [-0.3, -0.25) is 14.5 Å². The van der Waals surface area contributed by atoms with Gasteiger partial charge in [0.1, 0.15) is 34.8 Å². The summed E-state index contributed by atoms with van der Waals surface area (Å²) in [5.74, 6) is -3.37. The van der Waals surface area contributed by atoms with Crippen LogP contribution in [-0.4, -0.2) is 102 Å². The second-order valence-corrected chi connectivity index (χ2v) is 11.5. The van der Waals surface area contributed by atoms with Gasteiger partial charge in [0.15, 0.2) is 16.0 Å². The number of thiazole rings is 1. The Kier molecular flexibility index (Phi) is 8.57. The number of nitrogen functional groups attached to an aromatic ring is 1. The Bertz CT molecular complexity index is 1370. The third kappa shape index (κ3) is 5.86. The van der Waals surface area contributed by atoms with Crippen LogP contribution in [0.4, 0.5) is 5.13 Å². The molecule has 4 atom stereocenters. The number of amides is 2. The summed E-state index contributed by atoms with van der Waals surface area (Å²) >= 11 is 3.54. The number of carboxylic acids is 2. The Morgan fingerprint density at radius 3 is 2.70 bits per heavy atom. The van der Waals surface area contributed by atoms with Crippen molar-refractivity contribution in [3.63, 3.8) is 0 Å². The van der Waals surface area contributed by atoms with Gasteiger partial charge in [-0.05, 0) is 18.6 Å². The zero-order chi connectivity index (χ0) is 29.3. The number of carboxylic acid groups (broad SMARTS) is 2. The molecular weight excluding hydrogens is 586 g/mol. The van der Waals surface area contributed by atoms with Crippen molar-refractivity contribution in [2.75, 3.05) is 24.3 Å². The molecule has 2 amide bonds. The quantitative estimate of drug-likeness (QED) is 0.109. The van der Waals surface area contributed by atoms with E-state index in [1.807, 2.05) is 0 Å². The molecule has 40 heavy (non-hydrogen) atoms. The minimum absolute atomic E-state index is 0.0220. The molecule has 0 bridgehead atoms. The SMILES string of the molecule is CC(O/N=C(\C(=O)NC1C(=O)N2C(C(=O)O)=C(CSC3=NC(N)=CC(N)N3C)CS[C@@H]12)c1csc(N)n1)C(=O)O. The summed E-state index contributed by atoms with van der Waals surface area (Å²) in [6, 6.07) is -1.07. The molecule has 4 rings (SSSR count). The molecule has 4 heterocycles. The van der Waals surface area contributed by atoms with Crippen molar-refractivity contribution in [1.82, 2.24) is 20.1 Å². The van der Waals surface area contributed by atoms with Crippen molar-refractivity contribution in [2.45, 2.75) is 30.6 Å². The molecule has 0 aromatic carbocycles. The van der Waals surface area contributed by atoms with Crippen molar-refractivity contribution in [3.05, 3.63) is 34.2 Å². The van der Waals surface area contributed by atoms with Gasteiger partial charge in [-0.25, -0.2) is 19.6 Å². The first-order valence-electron chi connectivity index (χ1n) is 11.4. The number of fused-ring (bicyclic) bond motifs is 1. The highest BCUT2D eigenvalue weighted by Crippen LogP contribution is 2.41. The predicted octanol–water partition coefficient (Wildman–Crippen LogP) is -1.22. The van der Waals surface area contributed by atoms with E-state index in [2.05, 4.69) is 20.4 Å². The number of likely N-dealkylation sites (N-methyl/N-ethyl adjacent to an activating group) is 1. The number of carbonyl (C=O) groups excluding carboxylic acids is 2. The smallest absolute Gasteiger partial charge is 0.352 e. The van der Waals surface area contributed by atoms with Gasteiger partial charge in [0, 0.05) is 23.9 Å². The first-order valence-corrected chi connectivity index (χ1v) is 14.4. The Hall–Kier alpha value is -3.81. The van der Waals surface area contributed by atoms with Gasteiger partial charge in [-0.2, -0.15) is 0 Å². The molecule has 214 valence electrons. The fourth-order valence-electron chi connectivity index (χ4n) is 3.71. The summed E-state index contributed by atoms with van der Waals surface area (Å²) in [4.78, 5) is 65.4. The van der Waals surface area contributed by atoms with Crippen LogP contribution in [0, 0.1) is 0 Å². The second kappa shape index (κ2) is 11.7. The number of nitrogens with one attached hydrogen (secondary N) is 1. The predicted molar refractivity (Wildman–Crippen MR) is 149 cm³/mol. The third-order valence-electron chi connectivity index (χ3n) is 5.86. The molecule has 0 saturated carbocycles. The summed E-state index contributed by atoms with van der Waals surface area (Å²) < 4.78 is 0. The number of hydrogen-bond acceptors (Lipinski definition) is 15. The number of nitrogens with two attached hydrogens (primary N) is 3. The maximum atomic E-state index is 13.1. The van der Waals surface area contributed by atoms with E-state index in [0.29, 0.717) is 10.7 Å². The molecule has 1 saturated heterocycles. The zero-order valence-electron chi connectivity index (χ0n) is 21.0. The van der Waals surface area contributed by atoms with E-state index in [9.17, 15) is 24.3 Å². The van der Waals surface area contributed by atoms with E-state index >= 15 is 0 Å². The number of rotatable bonds is 9. The Labute approximate surface area is 239 Å². The average Bonchev–Trinajstić information content (AvgIpc) is 3.33. The normalized spacial score (nSPS) is 23.5. The van der Waals surface area contributed by atoms with E-state index in [4.69, 9.17) is 27.1 Å². The molecule has 1 aromatic heterocycles. The van der Waals surface area contributed by atoms with Crippen molar-refractivity contribution in [2.24, 2.45) is 21.6 Å². The number of hydrogen-bond donors (Lipinski definition) is 6. The summed E-state index contributed by atoms with van der Waals surface area (Å²) in [6.07, 6.45) is -0.264. The van der Waals surface area contributed by atoms with Crippen LogP contribution < -0.4 is 22.5 Å². The summed E-state index contributed by atoms with van der Waals surface area (Å²) in [5.41, 5.74) is 17.4. The van der Waals surface area contributed by atoms with Gasteiger partial charge in [-0.15, -0.1) is 23.1 Å². The van der Waals surface area contributed by atoms with Crippen LogP contribution in [0.25, 0.3) is 0 Å². The number of carbonyl (C=O) groups is 4. The van der Waals surface area contributed by atoms with E-state index in [1.54, 1.807) is 18.0 Å². The maximum absolute atomic E-state index is 13.1. The summed E-state index contributed by atoms with van der Waals surface area (Å²) in [7, 11) is 1.73. The fourth-order valence-corrected chi connectivity index (χ4v) is 6.77. The van der Waals surface area contributed by atoms with E-state index in [1.165, 1.54) is 35.8 Å². The van der Waals surface area contributed by atoms with Crippen LogP contribution in [0.15, 0.2) is 38.7 Å². The molecule has 16 nitrogen and oxygen atoms in total. The molecule has 0 aliphatic carbocycles. The number of nitrogens with zero attached hydrogens (tertiary/aromatic N) is 5. The number of β-lactam (4-membered cyclic amide) rings is 1. The largest absolute Gasteiger partial charge is 0.478 e. The highest BCUT2D eigenvalue weighted by molar-refractivity contribution is 8.14. The first kappa shape index (κ1) is 29.2. The highest BCUT2D eigenvalue weighted by Gasteiger charge is 2.54. The van der Waals surface area contributed by atoms with Crippen LogP contribution in [-0.2, 0) is 24.0 Å². The molecule has 0 spiro atoms. The van der Waals surface area contributed by atoms with Gasteiger partial charge in [-0.1, -0.05) is 16.9 Å². The third-order valence-corrected chi connectivity index (χ3v) is 9.00. The van der Waals surface area contributed by atoms with Gasteiger partial charge in [0.2, 0.25) is 6.10 Å². The fraction of sp³-hybridized carbons (Fsp3) is 0.381. The number of aromatic nitrogens is 1. The number of thioether (sulfide) groups is 2. The lowest BCUT2D eigenvalue weighted by molar-refractivity contribution is -0.150. The molecule has 3 unspecified atom stereocenters. The van der Waals surface area contributed by atoms with E-state index < -0.39 is 47.4 Å². The standard InChI is InChI=1S/C21H25N9O7S3/c1-7(18(33)34)37-28-12(9-6-39-20(24)25-9)15(31)27-13-16(32)30-14(19(35)36)8(4-38-17(13)30)5-40-21-26-10(22)3-11(23)29(21)2/h3,6-7,11,13,17H,4-5,22-23H2,1-2H3,(H2,24,25)(H,27,31)(H,33,34)(H,35,36)/b28-12-/t7?,11?,13?,17-/m0/s1. The van der Waals surface area contributed by atoms with Crippen LogP contribution in [0.1, 0.15) is 12.6 Å². The summed E-state index contributed by atoms with van der Waals surface area (Å²) in [6.45, 7) is 1.22. The lowest BCUT2D eigenvalue weighted by atomic mass is 10.0. The van der Waals surface area contributed by atoms with Crippen molar-refractivity contribution >= 4 is 74.6 Å². The summed E-state index contributed by atoms with van der Waals surface area (Å²) in [5, 5.41) is 26.5. The molecule has 3 aliphatic rings. The van der Waals surface area contributed by atoms with E-state index in [-0.39, 0.29) is 39.6 Å². The minimum Gasteiger partial charge on any atom is -0.478 e. The lowest BCUT2D eigenvalue weighted by Gasteiger charge is -2.49. The van der Waals surface area contributed by atoms with Gasteiger partial charge in [0.05, 0.1) is 0 Å². The lowest BCUT2D eigenvalue weighted by Crippen LogP contribution is -2.71. The van der Waals surface area contributed by atoms with Crippen molar-refractivity contribution < 1.29 is 34.2 Å². The number of anilines is 1. The topological polar surface area (TPSA) is 252 Å². The Balaban J connectivity index is 1.50. The van der Waals surface area contributed by atoms with Gasteiger partial charge >= 0.3 is 11.9 Å². The first-order chi connectivity index (χ1) is 18.9. The van der Waals surface area contributed by atoms with Crippen molar-refractivity contribution in [3.8, 4) is 0 Å². The van der Waals surface area contributed by atoms with Crippen LogP contribution in [0.5, 0.6) is 0 Å². The molecule has 0 radical (unpaired) electrons. The maximum Gasteiger partial charge on any atom is 0.352 e. The average molecular weight is 612 g/mol. The molecule has 1 aromatic rings. The number of amidine groups is 1. The zero-order valence-corrected chi connectivity index (χ0v) is 23.5. The van der Waals surface area contributed by atoms with Gasteiger partial charge in [0.25, 0.3) is 11.8 Å². The monoisotopic (exact) mass is 611 g/mol. The molecule has 9 N–H and O–H groups in total. The number of oxime groups is 1. The molecule has 3 aliphatic heterocycles. The number of aliphatic carboxylic acids is 2. The van der Waals surface area contributed by atoms with E-state index in [0.717, 1.165) is 16.2 Å². The van der Waals surface area contributed by atoms with Crippen LogP contribution in [0.2, 0.25) is 0 Å². The molecule has 1 fully saturated rings. The van der Waals surface area contributed by atoms with Crippen LogP contribution >= 0.6 is 34.9 Å². The highest BCUT2D eigenvalue weighted by atomic mass is 32.2. The number of aliphatic imine (C=N–C) groups is 1. The second-order valence-electron chi connectivity index (χ2n) is 8.59. The Morgan fingerprint density at radius 1 is 1.35 bits per heavy atom. The molecule has 19 heteroatoms. The molecular formula is C21H25N9O7S3.